The van der Waals surface area contributed by atoms with Crippen LogP contribution in [-0.4, -0.2) is 0 Å². The highest BCUT2D eigenvalue weighted by atomic mass is 14.0. The first-order chi connectivity index (χ1) is 5.33. The van der Waals surface area contributed by atoms with Crippen LogP contribution in [0.5, 0.6) is 0 Å². The topological polar surface area (TPSA) is 0 Å². The van der Waals surface area contributed by atoms with E-state index in [-0.39, 0.29) is 0 Å². The Labute approximate surface area is 69.3 Å². The minimum atomic E-state index is 0.817. The summed E-state index contributed by atoms with van der Waals surface area (Å²) in [4.78, 5) is 0. The second-order valence-corrected chi connectivity index (χ2v) is 3.20. The van der Waals surface area contributed by atoms with Crippen LogP contribution in [0.15, 0.2) is 30.3 Å². The van der Waals surface area contributed by atoms with Gasteiger partial charge in [0.2, 0.25) is 0 Å². The monoisotopic (exact) mass is 148 g/mol. The Morgan fingerprint density at radius 3 is 2.36 bits per heavy atom. The van der Waals surface area contributed by atoms with Gasteiger partial charge in [0.05, 0.1) is 0 Å². The summed E-state index contributed by atoms with van der Waals surface area (Å²) in [7, 11) is 0. The standard InChI is InChI=1S/C11H16/c1-3-10(2)9-11-7-5-4-6-8-11/h4-8,10H,3,9H2,1-2H3. The fourth-order valence-electron chi connectivity index (χ4n) is 1.16. The molecule has 0 nitrogen and oxygen atoms in total. The summed E-state index contributed by atoms with van der Waals surface area (Å²) < 4.78 is 0. The second kappa shape index (κ2) is 4.17. The molecule has 0 saturated carbocycles. The van der Waals surface area contributed by atoms with Crippen LogP contribution in [0.1, 0.15) is 25.8 Å². The Bertz CT molecular complexity index is 188. The fraction of sp³-hybridized carbons (Fsp3) is 0.455. The molecule has 1 aromatic carbocycles. The maximum absolute atomic E-state index is 2.30. The highest BCUT2D eigenvalue weighted by Crippen LogP contribution is 2.10. The van der Waals surface area contributed by atoms with Crippen molar-refractivity contribution in [1.29, 1.82) is 0 Å². The second-order valence-electron chi connectivity index (χ2n) is 3.20. The zero-order valence-corrected chi connectivity index (χ0v) is 7.38. The Hall–Kier alpha value is -0.780. The van der Waals surface area contributed by atoms with E-state index >= 15 is 0 Å². The normalized spacial score (nSPS) is 12.9. The average Bonchev–Trinajstić information content (AvgIpc) is 2.06. The minimum absolute atomic E-state index is 0.817. The van der Waals surface area contributed by atoms with Crippen LogP contribution >= 0.6 is 0 Å². The Morgan fingerprint density at radius 2 is 1.82 bits per heavy atom. The summed E-state index contributed by atoms with van der Waals surface area (Å²) in [5.74, 6) is 0.817. The molecule has 1 rings (SSSR count). The van der Waals surface area contributed by atoms with E-state index in [2.05, 4.69) is 44.2 Å². The molecule has 0 amide bonds. The highest BCUT2D eigenvalue weighted by molar-refractivity contribution is 5.14. The van der Waals surface area contributed by atoms with E-state index < -0.39 is 0 Å². The third-order valence-electron chi connectivity index (χ3n) is 2.12. The molecular formula is C11H16. The SMILES string of the molecule is CCC(C)Cc1ccccc1. The summed E-state index contributed by atoms with van der Waals surface area (Å²) in [5.41, 5.74) is 1.46. The molecule has 0 aliphatic carbocycles. The summed E-state index contributed by atoms with van der Waals surface area (Å²) in [6, 6.07) is 10.7. The summed E-state index contributed by atoms with van der Waals surface area (Å²) in [6.45, 7) is 4.54. The summed E-state index contributed by atoms with van der Waals surface area (Å²) in [6.07, 6.45) is 2.49. The number of hydrogen-bond acceptors (Lipinski definition) is 0. The first-order valence-corrected chi connectivity index (χ1v) is 4.37. The van der Waals surface area contributed by atoms with E-state index in [0.29, 0.717) is 0 Å². The maximum Gasteiger partial charge on any atom is -0.0253 e. The van der Waals surface area contributed by atoms with Crippen LogP contribution in [0.3, 0.4) is 0 Å². The molecule has 0 fully saturated rings. The number of benzene rings is 1. The van der Waals surface area contributed by atoms with Crippen molar-refractivity contribution in [2.45, 2.75) is 26.7 Å². The fourth-order valence-corrected chi connectivity index (χ4v) is 1.16. The zero-order chi connectivity index (χ0) is 8.10. The van der Waals surface area contributed by atoms with Crippen molar-refractivity contribution < 1.29 is 0 Å². The van der Waals surface area contributed by atoms with Crippen molar-refractivity contribution in [3.8, 4) is 0 Å². The third-order valence-corrected chi connectivity index (χ3v) is 2.12. The van der Waals surface area contributed by atoms with Gasteiger partial charge in [0, 0.05) is 0 Å². The van der Waals surface area contributed by atoms with Gasteiger partial charge in [-0.15, -0.1) is 0 Å². The molecule has 0 spiro atoms. The van der Waals surface area contributed by atoms with Crippen LogP contribution in [0.2, 0.25) is 0 Å². The molecule has 0 aromatic heterocycles. The van der Waals surface area contributed by atoms with Gasteiger partial charge in [-0.2, -0.15) is 0 Å². The Kier molecular flexibility index (Phi) is 3.15. The predicted octanol–water partition coefficient (Wildman–Crippen LogP) is 3.28. The van der Waals surface area contributed by atoms with Gasteiger partial charge in [-0.05, 0) is 17.9 Å². The van der Waals surface area contributed by atoms with Crippen LogP contribution in [0.4, 0.5) is 0 Å². The highest BCUT2D eigenvalue weighted by Gasteiger charge is 1.98. The number of hydrogen-bond donors (Lipinski definition) is 0. The van der Waals surface area contributed by atoms with E-state index in [1.165, 1.54) is 18.4 Å². The van der Waals surface area contributed by atoms with Gasteiger partial charge < -0.3 is 0 Å². The van der Waals surface area contributed by atoms with Crippen molar-refractivity contribution in [3.05, 3.63) is 35.9 Å². The van der Waals surface area contributed by atoms with Crippen LogP contribution < -0.4 is 0 Å². The quantitative estimate of drug-likeness (QED) is 0.617. The van der Waals surface area contributed by atoms with Crippen LogP contribution in [0.25, 0.3) is 0 Å². The third kappa shape index (κ3) is 2.75. The van der Waals surface area contributed by atoms with Gasteiger partial charge in [-0.1, -0.05) is 50.6 Å². The molecule has 0 heterocycles. The smallest absolute Gasteiger partial charge is 0.0253 e. The average molecular weight is 148 g/mol. The molecular weight excluding hydrogens is 132 g/mol. The maximum atomic E-state index is 2.30. The summed E-state index contributed by atoms with van der Waals surface area (Å²) >= 11 is 0. The molecule has 0 aliphatic rings. The van der Waals surface area contributed by atoms with Crippen molar-refractivity contribution in [2.75, 3.05) is 0 Å². The lowest BCUT2D eigenvalue weighted by molar-refractivity contribution is 0.560. The summed E-state index contributed by atoms with van der Waals surface area (Å²) in [5, 5.41) is 0. The molecule has 60 valence electrons. The predicted molar refractivity (Wildman–Crippen MR) is 49.6 cm³/mol. The Balaban J connectivity index is 2.51. The lowest BCUT2D eigenvalue weighted by Crippen LogP contribution is -1.96. The number of rotatable bonds is 3. The van der Waals surface area contributed by atoms with E-state index in [1.54, 1.807) is 0 Å². The van der Waals surface area contributed by atoms with E-state index in [9.17, 15) is 0 Å². The first kappa shape index (κ1) is 8.32. The molecule has 1 atom stereocenters. The molecule has 11 heavy (non-hydrogen) atoms. The largest absolute Gasteiger partial charge is 0.0651 e. The van der Waals surface area contributed by atoms with Crippen molar-refractivity contribution in [1.82, 2.24) is 0 Å². The van der Waals surface area contributed by atoms with Crippen LogP contribution in [-0.2, 0) is 6.42 Å². The van der Waals surface area contributed by atoms with Gasteiger partial charge in [-0.3, -0.25) is 0 Å². The van der Waals surface area contributed by atoms with Crippen molar-refractivity contribution >= 4 is 0 Å². The van der Waals surface area contributed by atoms with E-state index in [0.717, 1.165) is 5.92 Å². The lowest BCUT2D eigenvalue weighted by atomic mass is 9.99. The minimum Gasteiger partial charge on any atom is -0.0651 e. The lowest BCUT2D eigenvalue weighted by Gasteiger charge is -2.06. The molecule has 0 bridgehead atoms. The van der Waals surface area contributed by atoms with E-state index in [1.807, 2.05) is 0 Å². The molecule has 0 heteroatoms. The van der Waals surface area contributed by atoms with Gasteiger partial charge in [0.25, 0.3) is 0 Å². The molecule has 0 saturated heterocycles. The Morgan fingerprint density at radius 1 is 1.18 bits per heavy atom. The van der Waals surface area contributed by atoms with Gasteiger partial charge in [0.1, 0.15) is 0 Å². The van der Waals surface area contributed by atoms with Crippen molar-refractivity contribution in [3.63, 3.8) is 0 Å². The molecule has 0 radical (unpaired) electrons. The first-order valence-electron chi connectivity index (χ1n) is 4.37. The molecule has 0 N–H and O–H groups in total. The van der Waals surface area contributed by atoms with Gasteiger partial charge >= 0.3 is 0 Å². The molecule has 1 unspecified atom stereocenters. The molecule has 1 aromatic rings. The van der Waals surface area contributed by atoms with Gasteiger partial charge in [0.15, 0.2) is 0 Å². The zero-order valence-electron chi connectivity index (χ0n) is 7.38. The van der Waals surface area contributed by atoms with E-state index in [4.69, 9.17) is 0 Å². The van der Waals surface area contributed by atoms with Gasteiger partial charge in [-0.25, -0.2) is 0 Å². The molecule has 0 aliphatic heterocycles. The van der Waals surface area contributed by atoms with Crippen molar-refractivity contribution in [2.24, 2.45) is 5.92 Å². The van der Waals surface area contributed by atoms with Crippen LogP contribution in [0, 0.1) is 5.92 Å².